The third-order valence-corrected chi connectivity index (χ3v) is 14.5. The van der Waals surface area contributed by atoms with Crippen molar-refractivity contribution in [1.82, 2.24) is 4.98 Å². The van der Waals surface area contributed by atoms with E-state index in [-0.39, 0.29) is 33.8 Å². The van der Waals surface area contributed by atoms with Crippen LogP contribution in [0.4, 0.5) is 49.9 Å². The van der Waals surface area contributed by atoms with Crippen molar-refractivity contribution in [3.63, 3.8) is 0 Å². The number of hydrogen-bond donors (Lipinski definition) is 0. The number of benzene rings is 6. The molecule has 0 amide bonds. The van der Waals surface area contributed by atoms with Gasteiger partial charge < -0.3 is 9.80 Å². The Labute approximate surface area is 394 Å². The second-order valence-corrected chi connectivity index (χ2v) is 24.5. The Morgan fingerprint density at radius 2 is 0.862 bits per heavy atom. The normalized spacial score (nSPS) is 14.0. The minimum atomic E-state index is -0.111. The van der Waals surface area contributed by atoms with Crippen molar-refractivity contribution in [1.29, 1.82) is 0 Å². The molecule has 2 aliphatic rings. The van der Waals surface area contributed by atoms with Gasteiger partial charge in [0.15, 0.2) is 5.13 Å². The van der Waals surface area contributed by atoms with Crippen molar-refractivity contribution in [3.05, 3.63) is 161 Å². The number of fused-ring (bicyclic) bond motifs is 4. The van der Waals surface area contributed by atoms with Crippen molar-refractivity contribution >= 4 is 84.5 Å². The van der Waals surface area contributed by atoms with Gasteiger partial charge >= 0.3 is 0 Å². The summed E-state index contributed by atoms with van der Waals surface area (Å²) in [5.41, 5.74) is 18.2. The lowest BCUT2D eigenvalue weighted by Crippen LogP contribution is -2.61. The van der Waals surface area contributed by atoms with E-state index < -0.39 is 0 Å². The highest BCUT2D eigenvalue weighted by Gasteiger charge is 2.47. The molecule has 0 radical (unpaired) electrons. The Morgan fingerprint density at radius 3 is 1.31 bits per heavy atom. The summed E-state index contributed by atoms with van der Waals surface area (Å²) in [4.78, 5) is 13.4. The molecule has 0 saturated heterocycles. The fourth-order valence-corrected chi connectivity index (χ4v) is 10.6. The Kier molecular flexibility index (Phi) is 10.6. The van der Waals surface area contributed by atoms with Crippen LogP contribution in [-0.2, 0) is 27.1 Å². The van der Waals surface area contributed by atoms with Crippen molar-refractivity contribution in [2.75, 3.05) is 14.7 Å². The van der Waals surface area contributed by atoms with Gasteiger partial charge in [-0.05, 0) is 133 Å². The second kappa shape index (κ2) is 15.5. The van der Waals surface area contributed by atoms with Crippen molar-refractivity contribution in [3.8, 4) is 0 Å². The summed E-state index contributed by atoms with van der Waals surface area (Å²) in [6.07, 6.45) is 0. The lowest BCUT2D eigenvalue weighted by atomic mass is 9.35. The van der Waals surface area contributed by atoms with E-state index in [2.05, 4.69) is 252 Å². The van der Waals surface area contributed by atoms with E-state index in [0.717, 1.165) is 27.1 Å². The van der Waals surface area contributed by atoms with E-state index in [0.29, 0.717) is 0 Å². The molecule has 3 heterocycles. The first-order chi connectivity index (χ1) is 30.4. The molecule has 0 atom stereocenters. The van der Waals surface area contributed by atoms with Gasteiger partial charge in [0, 0.05) is 39.8 Å². The molecule has 9 rings (SSSR count). The zero-order chi connectivity index (χ0) is 46.6. The van der Waals surface area contributed by atoms with Crippen LogP contribution in [0.3, 0.4) is 0 Å². The van der Waals surface area contributed by atoms with E-state index in [9.17, 15) is 0 Å². The van der Waals surface area contributed by atoms with Gasteiger partial charge in [0.2, 0.25) is 0 Å². The Balaban J connectivity index is 1.41. The van der Waals surface area contributed by atoms with Crippen LogP contribution in [-0.4, -0.2) is 11.7 Å². The Morgan fingerprint density at radius 1 is 0.431 bits per heavy atom. The van der Waals surface area contributed by atoms with Gasteiger partial charge in [-0.2, -0.15) is 0 Å². The van der Waals surface area contributed by atoms with Crippen LogP contribution >= 0.6 is 11.3 Å². The number of aromatic nitrogens is 1. The average Bonchev–Trinajstić information content (AvgIpc) is 3.66. The Hall–Kier alpha value is -5.59. The second-order valence-electron chi connectivity index (χ2n) is 23.6. The predicted octanol–water partition coefficient (Wildman–Crippen LogP) is 15.2. The molecule has 0 N–H and O–H groups in total. The molecular formula is C59H67BN4S. The van der Waals surface area contributed by atoms with Gasteiger partial charge in [0.25, 0.3) is 6.71 Å². The van der Waals surface area contributed by atoms with E-state index in [1.165, 1.54) is 67.2 Å². The van der Waals surface area contributed by atoms with Crippen LogP contribution in [0.25, 0.3) is 0 Å². The number of anilines is 9. The molecule has 1 aromatic heterocycles. The first-order valence-corrected chi connectivity index (χ1v) is 24.3. The van der Waals surface area contributed by atoms with Gasteiger partial charge in [-0.15, -0.1) is 0 Å². The molecule has 65 heavy (non-hydrogen) atoms. The molecule has 0 spiro atoms. The highest BCUT2D eigenvalue weighted by molar-refractivity contribution is 7.23. The number of hydrogen-bond acceptors (Lipinski definition) is 5. The molecular weight excluding hydrogens is 808 g/mol. The third-order valence-electron chi connectivity index (χ3n) is 13.4. The van der Waals surface area contributed by atoms with Gasteiger partial charge in [0.1, 0.15) is 5.00 Å². The van der Waals surface area contributed by atoms with Gasteiger partial charge in [-0.3, -0.25) is 4.90 Å². The van der Waals surface area contributed by atoms with Crippen LogP contribution in [0.2, 0.25) is 0 Å². The number of thiazole rings is 1. The van der Waals surface area contributed by atoms with Crippen LogP contribution in [0.15, 0.2) is 133 Å². The molecule has 0 bridgehead atoms. The maximum Gasteiger partial charge on any atom is 0.276 e. The first-order valence-electron chi connectivity index (χ1n) is 23.5. The standard InChI is InChI=1S/C59H67BN4S/c1-55(2,3)38-29-30-48-47(37-38)60-51-49(63(48)45-33-39(56(4,5)6)31-40(34-45)57(7,8)9)27-22-28-50(51)64(46-35-41(58(10,11)12)32-42(36-46)59(13,14)15)53-52(60)61-54(65-53)62(43-23-18-16-19-24-43)44-25-20-17-21-26-44/h16-37H,1-15H3. The SMILES string of the molecule is CC(C)(C)c1cc(N2c3ccc(C(C)(C)C)cc3B3c4nc(N(c5ccccc5)c5ccccc5)sc4N(c4cc(C(C)(C)C)cc(C(C)(C)C)c4)c4cccc2c43)cc(C(C)(C)C)c1. The summed E-state index contributed by atoms with van der Waals surface area (Å²) in [6.45, 7) is 34.9. The molecule has 0 aliphatic carbocycles. The smallest absolute Gasteiger partial charge is 0.276 e. The lowest BCUT2D eigenvalue weighted by molar-refractivity contribution is 0.568. The maximum atomic E-state index is 5.91. The summed E-state index contributed by atoms with van der Waals surface area (Å²) in [6, 6.07) is 50.4. The lowest BCUT2D eigenvalue weighted by Gasteiger charge is -2.43. The van der Waals surface area contributed by atoms with Gasteiger partial charge in [0.05, 0.1) is 5.59 Å². The van der Waals surface area contributed by atoms with E-state index >= 15 is 0 Å². The fraction of sp³-hybridized carbons (Fsp3) is 0.339. The largest absolute Gasteiger partial charge is 0.311 e. The van der Waals surface area contributed by atoms with Crippen LogP contribution in [0, 0.1) is 0 Å². The number of rotatable bonds is 5. The summed E-state index contributed by atoms with van der Waals surface area (Å²) in [7, 11) is 0. The minimum absolute atomic E-state index is 0.0434. The summed E-state index contributed by atoms with van der Waals surface area (Å²) < 4.78 is 0. The van der Waals surface area contributed by atoms with Crippen LogP contribution in [0.5, 0.6) is 0 Å². The molecule has 2 aliphatic heterocycles. The molecule has 6 heteroatoms. The van der Waals surface area contributed by atoms with Gasteiger partial charge in [-0.1, -0.05) is 182 Å². The molecule has 0 fully saturated rings. The van der Waals surface area contributed by atoms with Crippen molar-refractivity contribution in [2.24, 2.45) is 0 Å². The molecule has 0 saturated carbocycles. The highest BCUT2D eigenvalue weighted by Crippen LogP contribution is 2.50. The number of para-hydroxylation sites is 2. The monoisotopic (exact) mass is 875 g/mol. The topological polar surface area (TPSA) is 22.6 Å². The fourth-order valence-electron chi connectivity index (χ4n) is 9.39. The Bertz CT molecular complexity index is 2810. The van der Waals surface area contributed by atoms with Crippen LogP contribution < -0.4 is 31.2 Å². The predicted molar refractivity (Wildman–Crippen MR) is 284 cm³/mol. The van der Waals surface area contributed by atoms with Crippen molar-refractivity contribution in [2.45, 2.75) is 131 Å². The first kappa shape index (κ1) is 44.6. The summed E-state index contributed by atoms with van der Waals surface area (Å²) in [5, 5.41) is 2.10. The van der Waals surface area contributed by atoms with Gasteiger partial charge in [-0.25, -0.2) is 4.98 Å². The summed E-state index contributed by atoms with van der Waals surface area (Å²) >= 11 is 1.79. The zero-order valence-electron chi connectivity index (χ0n) is 41.5. The quantitative estimate of drug-likeness (QED) is 0.161. The molecule has 7 aromatic rings. The van der Waals surface area contributed by atoms with Crippen molar-refractivity contribution < 1.29 is 0 Å². The summed E-state index contributed by atoms with van der Waals surface area (Å²) in [5.74, 6) is 0. The van der Waals surface area contributed by atoms with E-state index in [4.69, 9.17) is 4.98 Å². The number of nitrogens with zero attached hydrogens (tertiary/aromatic N) is 4. The molecule has 4 nitrogen and oxygen atoms in total. The maximum absolute atomic E-state index is 5.91. The minimum Gasteiger partial charge on any atom is -0.311 e. The highest BCUT2D eigenvalue weighted by atomic mass is 32.1. The third kappa shape index (κ3) is 8.11. The van der Waals surface area contributed by atoms with Crippen LogP contribution in [0.1, 0.15) is 132 Å². The zero-order valence-corrected chi connectivity index (χ0v) is 42.3. The molecule has 332 valence electrons. The van der Waals surface area contributed by atoms with E-state index in [1.54, 1.807) is 11.3 Å². The average molecular weight is 875 g/mol. The van der Waals surface area contributed by atoms with E-state index in [1.807, 2.05) is 0 Å². The molecule has 6 aromatic carbocycles. The molecule has 0 unspecified atom stereocenters.